The monoisotopic (exact) mass is 321 g/mol. The van der Waals surface area contributed by atoms with Crippen molar-refractivity contribution in [1.82, 2.24) is 0 Å². The van der Waals surface area contributed by atoms with Gasteiger partial charge in [0.1, 0.15) is 5.82 Å². The van der Waals surface area contributed by atoms with Gasteiger partial charge >= 0.3 is 0 Å². The van der Waals surface area contributed by atoms with Crippen LogP contribution in [0.3, 0.4) is 0 Å². The zero-order valence-corrected chi connectivity index (χ0v) is 10.8. The van der Waals surface area contributed by atoms with Gasteiger partial charge in [-0.1, -0.05) is 0 Å². The van der Waals surface area contributed by atoms with Gasteiger partial charge in [0, 0.05) is 18.7 Å². The summed E-state index contributed by atoms with van der Waals surface area (Å²) < 4.78 is 40.0. The number of rotatable bonds is 3. The van der Waals surface area contributed by atoms with Gasteiger partial charge in [-0.2, -0.15) is 0 Å². The van der Waals surface area contributed by atoms with E-state index >= 15 is 0 Å². The van der Waals surface area contributed by atoms with Gasteiger partial charge in [0.2, 0.25) is 0 Å². The molecule has 0 aliphatic heterocycles. The molecule has 0 radical (unpaired) electrons. The Morgan fingerprint density at radius 3 is 2.59 bits per heavy atom. The fraction of sp³-hybridized carbons (Fsp3) is 0.0909. The average molecular weight is 322 g/mol. The minimum atomic E-state index is -1.20. The molecule has 0 unspecified atom stereocenters. The first kappa shape index (κ1) is 12.4. The second-order valence-electron chi connectivity index (χ2n) is 3.36. The lowest BCUT2D eigenvalue weighted by atomic mass is 10.2. The molecule has 0 amide bonds. The van der Waals surface area contributed by atoms with Crippen LogP contribution < -0.4 is 5.32 Å². The summed E-state index contributed by atoms with van der Waals surface area (Å²) >= 11 is 4.78. The van der Waals surface area contributed by atoms with Gasteiger partial charge in [0.15, 0.2) is 11.6 Å². The van der Waals surface area contributed by atoms with E-state index in [9.17, 15) is 13.2 Å². The fourth-order valence-corrected chi connectivity index (χ4v) is 2.53. The van der Waals surface area contributed by atoms with Gasteiger partial charge in [-0.15, -0.1) is 11.3 Å². The van der Waals surface area contributed by atoms with Crippen LogP contribution in [-0.4, -0.2) is 0 Å². The molecule has 0 spiro atoms. The zero-order valence-electron chi connectivity index (χ0n) is 8.44. The van der Waals surface area contributed by atoms with E-state index in [-0.39, 0.29) is 5.69 Å². The highest BCUT2D eigenvalue weighted by Gasteiger charge is 2.10. The van der Waals surface area contributed by atoms with Crippen LogP contribution in [0.5, 0.6) is 0 Å². The van der Waals surface area contributed by atoms with E-state index in [2.05, 4.69) is 21.2 Å². The van der Waals surface area contributed by atoms with E-state index in [4.69, 9.17) is 0 Å². The van der Waals surface area contributed by atoms with Crippen molar-refractivity contribution < 1.29 is 13.2 Å². The normalized spacial score (nSPS) is 10.6. The van der Waals surface area contributed by atoms with Crippen molar-refractivity contribution in [1.29, 1.82) is 0 Å². The Labute approximate surface area is 108 Å². The van der Waals surface area contributed by atoms with Gasteiger partial charge in [-0.3, -0.25) is 0 Å². The van der Waals surface area contributed by atoms with Crippen LogP contribution >= 0.6 is 27.3 Å². The van der Waals surface area contributed by atoms with Gasteiger partial charge < -0.3 is 5.32 Å². The molecule has 1 aromatic heterocycles. The van der Waals surface area contributed by atoms with Crippen LogP contribution in [0.15, 0.2) is 27.4 Å². The molecule has 1 aromatic carbocycles. The van der Waals surface area contributed by atoms with Crippen molar-refractivity contribution >= 4 is 33.0 Å². The summed E-state index contributed by atoms with van der Waals surface area (Å²) in [5, 5.41) is 4.52. The Morgan fingerprint density at radius 1 is 1.18 bits per heavy atom. The molecule has 0 bridgehead atoms. The van der Waals surface area contributed by atoms with E-state index in [0.29, 0.717) is 12.6 Å². The first-order chi connectivity index (χ1) is 8.06. The summed E-state index contributed by atoms with van der Waals surface area (Å²) in [6.45, 7) is 0.307. The lowest BCUT2D eigenvalue weighted by Crippen LogP contribution is -2.02. The Balaban J connectivity index is 2.14. The second kappa shape index (κ2) is 5.10. The molecular formula is C11H7BrF3NS. The molecule has 0 fully saturated rings. The van der Waals surface area contributed by atoms with E-state index in [1.165, 1.54) is 11.3 Å². The lowest BCUT2D eigenvalue weighted by Gasteiger charge is -2.07. The maximum atomic E-state index is 13.3. The molecule has 0 aliphatic rings. The summed E-state index contributed by atoms with van der Waals surface area (Å²) in [4.78, 5) is 0. The molecule has 0 saturated heterocycles. The van der Waals surface area contributed by atoms with E-state index in [1.54, 1.807) is 0 Å². The number of thiophene rings is 1. The number of halogens is 4. The Hall–Kier alpha value is -1.01. The third-order valence-electron chi connectivity index (χ3n) is 2.10. The maximum absolute atomic E-state index is 13.3. The zero-order chi connectivity index (χ0) is 12.4. The SMILES string of the molecule is Fc1cc(F)c(F)c(NCc2csc(Br)c2)c1. The number of benzene rings is 1. The first-order valence-electron chi connectivity index (χ1n) is 4.67. The van der Waals surface area contributed by atoms with Gasteiger partial charge in [-0.05, 0) is 32.9 Å². The topological polar surface area (TPSA) is 12.0 Å². The third-order valence-corrected chi connectivity index (χ3v) is 3.65. The summed E-state index contributed by atoms with van der Waals surface area (Å²) in [5.41, 5.74) is 0.732. The molecule has 1 N–H and O–H groups in total. The smallest absolute Gasteiger partial charge is 0.182 e. The van der Waals surface area contributed by atoms with Crippen molar-refractivity contribution in [2.45, 2.75) is 6.54 Å². The molecule has 2 rings (SSSR count). The highest BCUT2D eigenvalue weighted by Crippen LogP contribution is 2.23. The number of anilines is 1. The number of nitrogens with one attached hydrogen (secondary N) is 1. The molecular weight excluding hydrogens is 315 g/mol. The van der Waals surface area contributed by atoms with Crippen molar-refractivity contribution in [3.8, 4) is 0 Å². The lowest BCUT2D eigenvalue weighted by molar-refractivity contribution is 0.497. The van der Waals surface area contributed by atoms with Crippen LogP contribution in [0, 0.1) is 17.5 Å². The highest BCUT2D eigenvalue weighted by atomic mass is 79.9. The van der Waals surface area contributed by atoms with Crippen LogP contribution in [0.25, 0.3) is 0 Å². The van der Waals surface area contributed by atoms with Gasteiger partial charge in [0.25, 0.3) is 0 Å². The Morgan fingerprint density at radius 2 is 1.94 bits per heavy atom. The maximum Gasteiger partial charge on any atom is 0.182 e. The molecule has 0 saturated carbocycles. The quantitative estimate of drug-likeness (QED) is 0.818. The molecule has 17 heavy (non-hydrogen) atoms. The van der Waals surface area contributed by atoms with E-state index in [0.717, 1.165) is 15.4 Å². The Kier molecular flexibility index (Phi) is 3.73. The van der Waals surface area contributed by atoms with Gasteiger partial charge in [-0.25, -0.2) is 13.2 Å². The van der Waals surface area contributed by atoms with E-state index < -0.39 is 17.5 Å². The van der Waals surface area contributed by atoms with Crippen molar-refractivity contribution in [3.63, 3.8) is 0 Å². The largest absolute Gasteiger partial charge is 0.378 e. The Bertz CT molecular complexity index is 542. The van der Waals surface area contributed by atoms with Crippen LogP contribution in [0.4, 0.5) is 18.9 Å². The molecule has 0 atom stereocenters. The summed E-state index contributed by atoms with van der Waals surface area (Å²) in [6, 6.07) is 3.30. The van der Waals surface area contributed by atoms with Gasteiger partial charge in [0.05, 0.1) is 9.47 Å². The van der Waals surface area contributed by atoms with Crippen molar-refractivity contribution in [3.05, 3.63) is 50.4 Å². The summed E-state index contributed by atoms with van der Waals surface area (Å²) in [7, 11) is 0. The minimum absolute atomic E-state index is 0.176. The second-order valence-corrected chi connectivity index (χ2v) is 5.65. The highest BCUT2D eigenvalue weighted by molar-refractivity contribution is 9.11. The standard InChI is InChI=1S/C11H7BrF3NS/c12-10-1-6(5-17-10)4-16-9-3-7(13)2-8(14)11(9)15/h1-3,5,16H,4H2. The fourth-order valence-electron chi connectivity index (χ4n) is 1.32. The summed E-state index contributed by atoms with van der Waals surface area (Å²) in [6.07, 6.45) is 0. The molecule has 0 aliphatic carbocycles. The number of hydrogen-bond donors (Lipinski definition) is 1. The predicted octanol–water partition coefficient (Wildman–Crippen LogP) is 4.54. The van der Waals surface area contributed by atoms with Crippen LogP contribution in [0.1, 0.15) is 5.56 Å². The van der Waals surface area contributed by atoms with Crippen molar-refractivity contribution in [2.24, 2.45) is 0 Å². The molecule has 90 valence electrons. The third kappa shape index (κ3) is 3.01. The molecule has 1 heterocycles. The van der Waals surface area contributed by atoms with E-state index in [1.807, 2.05) is 11.4 Å². The predicted molar refractivity (Wildman–Crippen MR) is 65.7 cm³/mol. The first-order valence-corrected chi connectivity index (χ1v) is 6.35. The molecule has 6 heteroatoms. The van der Waals surface area contributed by atoms with Crippen LogP contribution in [-0.2, 0) is 6.54 Å². The molecule has 1 nitrogen and oxygen atoms in total. The summed E-state index contributed by atoms with van der Waals surface area (Å²) in [5.74, 6) is -3.07. The average Bonchev–Trinajstić information content (AvgIpc) is 2.67. The van der Waals surface area contributed by atoms with Crippen LogP contribution in [0.2, 0.25) is 0 Å². The number of hydrogen-bond acceptors (Lipinski definition) is 2. The molecule has 2 aromatic rings. The minimum Gasteiger partial charge on any atom is -0.378 e. The van der Waals surface area contributed by atoms with Crippen molar-refractivity contribution in [2.75, 3.05) is 5.32 Å².